The first-order valence-corrected chi connectivity index (χ1v) is 6.15. The summed E-state index contributed by atoms with van der Waals surface area (Å²) in [5.74, 6) is 0.508. The van der Waals surface area contributed by atoms with Crippen molar-refractivity contribution in [2.75, 3.05) is 13.2 Å². The van der Waals surface area contributed by atoms with Gasteiger partial charge in [0.05, 0.1) is 25.4 Å². The average molecular weight is 292 g/mol. The molecule has 9 heteroatoms. The molecule has 1 aromatic heterocycles. The minimum atomic E-state index is -0.737. The van der Waals surface area contributed by atoms with Gasteiger partial charge in [-0.1, -0.05) is 0 Å². The van der Waals surface area contributed by atoms with Crippen molar-refractivity contribution < 1.29 is 20.1 Å². The third-order valence-corrected chi connectivity index (χ3v) is 3.39. The van der Waals surface area contributed by atoms with Gasteiger partial charge in [-0.25, -0.2) is 9.98 Å². The molecule has 0 amide bonds. The Morgan fingerprint density at radius 2 is 2.25 bits per heavy atom. The van der Waals surface area contributed by atoms with Gasteiger partial charge in [0.2, 0.25) is 0 Å². The first-order valence-electron chi connectivity index (χ1n) is 6.15. The van der Waals surface area contributed by atoms with E-state index in [1.54, 1.807) is 4.57 Å². The third-order valence-electron chi connectivity index (χ3n) is 3.39. The second-order valence-electron chi connectivity index (χ2n) is 4.66. The van der Waals surface area contributed by atoms with E-state index in [1.165, 1.54) is 12.7 Å². The number of aliphatic hydroxyl groups is 3. The van der Waals surface area contributed by atoms with E-state index >= 15 is 0 Å². The number of β-amino-alcohol motifs (C(OH)–C–C–N with tert-alkyl or cyclic N) is 1. The second-order valence-corrected chi connectivity index (χ2v) is 4.66. The summed E-state index contributed by atoms with van der Waals surface area (Å²) in [6.07, 6.45) is 0.902. The molecule has 3 rings (SSSR count). The molecule has 4 N–H and O–H groups in total. The van der Waals surface area contributed by atoms with E-state index in [-0.39, 0.29) is 36.2 Å². The standard InChI is InChI=1S/C11H16N4O4.Na.H/c16-3-8-6(17)1-9(19-8)15-5-14-10-7(18)2-12-4-13-11(10)15;;/h4-9,16-18H,1-3H2,(H,12,13);;/t6-,7+,8+,9+;;/m0../s1. The Bertz CT molecular complexity index is 495. The van der Waals surface area contributed by atoms with E-state index in [9.17, 15) is 10.2 Å². The summed E-state index contributed by atoms with van der Waals surface area (Å²) in [7, 11) is 0. The molecule has 1 fully saturated rings. The number of aromatic nitrogens is 2. The molecule has 1 aromatic rings. The van der Waals surface area contributed by atoms with Crippen molar-refractivity contribution in [3.63, 3.8) is 0 Å². The van der Waals surface area contributed by atoms with Crippen molar-refractivity contribution in [1.29, 1.82) is 0 Å². The summed E-state index contributed by atoms with van der Waals surface area (Å²) < 4.78 is 7.22. The van der Waals surface area contributed by atoms with Crippen molar-refractivity contribution in [1.82, 2.24) is 14.9 Å². The second kappa shape index (κ2) is 6.52. The van der Waals surface area contributed by atoms with E-state index in [2.05, 4.69) is 15.3 Å². The van der Waals surface area contributed by atoms with Crippen LogP contribution in [-0.4, -0.2) is 86.1 Å². The predicted molar refractivity (Wildman–Crippen MR) is 72.1 cm³/mol. The van der Waals surface area contributed by atoms with Gasteiger partial charge in [-0.3, -0.25) is 4.57 Å². The zero-order valence-electron chi connectivity index (χ0n) is 10.2. The monoisotopic (exact) mass is 292 g/mol. The van der Waals surface area contributed by atoms with Crippen LogP contribution in [0.5, 0.6) is 0 Å². The molecule has 0 spiro atoms. The number of aliphatic imine (C=N–C) groups is 1. The number of hydrogen-bond acceptors (Lipinski definition) is 7. The van der Waals surface area contributed by atoms with Gasteiger partial charge < -0.3 is 25.4 Å². The molecule has 0 saturated carbocycles. The Kier molecular flexibility index (Phi) is 5.19. The Morgan fingerprint density at radius 3 is 2.95 bits per heavy atom. The molecule has 0 aromatic carbocycles. The van der Waals surface area contributed by atoms with Crippen LogP contribution in [0.4, 0.5) is 5.82 Å². The Labute approximate surface area is 137 Å². The van der Waals surface area contributed by atoms with Gasteiger partial charge >= 0.3 is 29.6 Å². The van der Waals surface area contributed by atoms with Crippen LogP contribution in [0.15, 0.2) is 11.3 Å². The summed E-state index contributed by atoms with van der Waals surface area (Å²) in [5, 5.41) is 31.6. The van der Waals surface area contributed by atoms with E-state index < -0.39 is 24.5 Å². The van der Waals surface area contributed by atoms with Crippen molar-refractivity contribution in [2.45, 2.75) is 31.0 Å². The van der Waals surface area contributed by atoms with Gasteiger partial charge in [-0.2, -0.15) is 0 Å². The summed E-state index contributed by atoms with van der Waals surface area (Å²) >= 11 is 0. The van der Waals surface area contributed by atoms with Crippen molar-refractivity contribution in [3.05, 3.63) is 12.0 Å². The molecule has 3 heterocycles. The van der Waals surface area contributed by atoms with E-state index in [0.717, 1.165) is 0 Å². The fraction of sp³-hybridized carbons (Fsp3) is 0.636. The predicted octanol–water partition coefficient (Wildman–Crippen LogP) is -1.83. The molecule has 0 bridgehead atoms. The molecule has 106 valence electrons. The number of aliphatic hydroxyl groups excluding tert-OH is 3. The van der Waals surface area contributed by atoms with E-state index in [1.807, 2.05) is 0 Å². The molecule has 2 aliphatic heterocycles. The minimum absolute atomic E-state index is 0. The zero-order valence-corrected chi connectivity index (χ0v) is 10.2. The number of rotatable bonds is 2. The summed E-state index contributed by atoms with van der Waals surface area (Å²) in [6, 6.07) is 0. The summed E-state index contributed by atoms with van der Waals surface area (Å²) in [6.45, 7) is 0.114. The zero-order chi connectivity index (χ0) is 13.4. The van der Waals surface area contributed by atoms with Crippen LogP contribution in [0, 0.1) is 0 Å². The quantitative estimate of drug-likeness (QED) is 0.477. The topological polar surface area (TPSA) is 112 Å². The van der Waals surface area contributed by atoms with Gasteiger partial charge in [-0.05, 0) is 0 Å². The van der Waals surface area contributed by atoms with Crippen molar-refractivity contribution in [3.8, 4) is 0 Å². The van der Waals surface area contributed by atoms with Crippen LogP contribution in [0.25, 0.3) is 0 Å². The number of ether oxygens (including phenoxy) is 1. The normalized spacial score (nSPS) is 32.1. The number of hydrogen-bond donors (Lipinski definition) is 4. The van der Waals surface area contributed by atoms with Gasteiger partial charge in [-0.15, -0.1) is 0 Å². The molecule has 20 heavy (non-hydrogen) atoms. The molecule has 2 aliphatic rings. The SMILES string of the molecule is OC[C@H]1O[C@@H](n2cnc3c2N=CNC[C@H]3O)C[C@@H]1O.[NaH]. The number of imidazole rings is 1. The molecule has 0 unspecified atom stereocenters. The maximum absolute atomic E-state index is 9.90. The average Bonchev–Trinajstić information content (AvgIpc) is 2.93. The van der Waals surface area contributed by atoms with Gasteiger partial charge in [0.25, 0.3) is 0 Å². The molecular weight excluding hydrogens is 275 g/mol. The molecule has 4 atom stereocenters. The van der Waals surface area contributed by atoms with Gasteiger partial charge in [0, 0.05) is 13.0 Å². The van der Waals surface area contributed by atoms with E-state index in [4.69, 9.17) is 9.84 Å². The van der Waals surface area contributed by atoms with Crippen LogP contribution >= 0.6 is 0 Å². The van der Waals surface area contributed by atoms with Crippen LogP contribution in [0.2, 0.25) is 0 Å². The van der Waals surface area contributed by atoms with Gasteiger partial charge in [0.15, 0.2) is 5.82 Å². The molecule has 1 saturated heterocycles. The van der Waals surface area contributed by atoms with Crippen LogP contribution in [0.3, 0.4) is 0 Å². The van der Waals surface area contributed by atoms with Crippen LogP contribution in [-0.2, 0) is 4.74 Å². The Hall–Kier alpha value is -0.480. The third kappa shape index (κ3) is 2.77. The van der Waals surface area contributed by atoms with Gasteiger partial charge in [0.1, 0.15) is 24.1 Å². The van der Waals surface area contributed by atoms with Crippen molar-refractivity contribution >= 4 is 41.7 Å². The summed E-state index contributed by atoms with van der Waals surface area (Å²) in [5.41, 5.74) is 0.479. The fourth-order valence-electron chi connectivity index (χ4n) is 2.37. The first-order chi connectivity index (χ1) is 9.20. The van der Waals surface area contributed by atoms with Crippen LogP contribution < -0.4 is 5.32 Å². The molecule has 8 nitrogen and oxygen atoms in total. The number of nitrogens with one attached hydrogen (secondary N) is 1. The number of fused-ring (bicyclic) bond motifs is 1. The van der Waals surface area contributed by atoms with E-state index in [0.29, 0.717) is 24.5 Å². The first kappa shape index (κ1) is 15.9. The summed E-state index contributed by atoms with van der Waals surface area (Å²) in [4.78, 5) is 8.35. The number of nitrogens with zero attached hydrogens (tertiary/aromatic N) is 3. The maximum atomic E-state index is 9.90. The molecule has 0 aliphatic carbocycles. The molecule has 0 radical (unpaired) electrons. The molecular formula is C11H17N4NaO4. The Morgan fingerprint density at radius 1 is 1.45 bits per heavy atom. The van der Waals surface area contributed by atoms with Crippen LogP contribution in [0.1, 0.15) is 24.4 Å². The van der Waals surface area contributed by atoms with Crippen molar-refractivity contribution in [2.24, 2.45) is 4.99 Å². The fourth-order valence-corrected chi connectivity index (χ4v) is 2.37. The Balaban J connectivity index is 0.00000147.